The summed E-state index contributed by atoms with van der Waals surface area (Å²) in [5.41, 5.74) is 6.24. The second-order valence-corrected chi connectivity index (χ2v) is 12.3. The third kappa shape index (κ3) is 4.86. The average molecular weight is 535 g/mol. The molecule has 0 radical (unpaired) electrons. The lowest BCUT2D eigenvalue weighted by Crippen LogP contribution is -2.67. The predicted octanol–water partition coefficient (Wildman–Crippen LogP) is 4.62. The van der Waals surface area contributed by atoms with Gasteiger partial charge in [-0.2, -0.15) is 9.40 Å². The molecular weight excluding hydrogens is 496 g/mol. The largest absolute Gasteiger partial charge is 0.383 e. The van der Waals surface area contributed by atoms with Gasteiger partial charge in [-0.3, -0.25) is 9.58 Å². The van der Waals surface area contributed by atoms with E-state index in [4.69, 9.17) is 4.74 Å². The standard InChI is InChI=1S/C30H38N4O3S/c1-5-17-34-29(15-16-31-34)38(35,36)32-18-6-7-19-33-27(20-32)30(28(33)21-37-4)25-13-11-24(12-14-25)26-10-8-9-22(2)23(26)3/h6-16,27-28,30H,5,17-21H2,1-4H3/b7-6-/t27?,28-,30+/m1/s1. The van der Waals surface area contributed by atoms with Crippen molar-refractivity contribution in [2.24, 2.45) is 0 Å². The third-order valence-electron chi connectivity index (χ3n) is 8.13. The van der Waals surface area contributed by atoms with Crippen molar-refractivity contribution in [1.82, 2.24) is 19.0 Å². The Kier molecular flexibility index (Phi) is 7.86. The lowest BCUT2D eigenvalue weighted by molar-refractivity contribution is -0.0508. The molecule has 2 aromatic carbocycles. The van der Waals surface area contributed by atoms with E-state index in [1.807, 2.05) is 13.0 Å². The molecule has 1 unspecified atom stereocenters. The minimum atomic E-state index is -3.70. The molecule has 8 heteroatoms. The minimum Gasteiger partial charge on any atom is -0.383 e. The molecule has 0 N–H and O–H groups in total. The van der Waals surface area contributed by atoms with Crippen LogP contribution in [-0.4, -0.2) is 72.8 Å². The maximum absolute atomic E-state index is 13.8. The third-order valence-corrected chi connectivity index (χ3v) is 9.98. The Morgan fingerprint density at radius 2 is 1.79 bits per heavy atom. The van der Waals surface area contributed by atoms with Gasteiger partial charge in [-0.05, 0) is 54.2 Å². The highest BCUT2D eigenvalue weighted by Gasteiger charge is 2.50. The fourth-order valence-electron chi connectivity index (χ4n) is 5.99. The Morgan fingerprint density at radius 1 is 1.03 bits per heavy atom. The lowest BCUT2D eigenvalue weighted by atomic mass is 9.74. The molecule has 7 nitrogen and oxygen atoms in total. The zero-order valence-electron chi connectivity index (χ0n) is 22.7. The number of nitrogens with zero attached hydrogens (tertiary/aromatic N) is 4. The van der Waals surface area contributed by atoms with Gasteiger partial charge in [0, 0.05) is 51.3 Å². The van der Waals surface area contributed by atoms with Crippen LogP contribution in [0.1, 0.15) is 36.0 Å². The molecule has 5 rings (SSSR count). The van der Waals surface area contributed by atoms with Gasteiger partial charge in [0.25, 0.3) is 10.0 Å². The van der Waals surface area contributed by atoms with Gasteiger partial charge in [-0.15, -0.1) is 0 Å². The van der Waals surface area contributed by atoms with Gasteiger partial charge < -0.3 is 4.74 Å². The highest BCUT2D eigenvalue weighted by atomic mass is 32.2. The van der Waals surface area contributed by atoms with Crippen molar-refractivity contribution in [3.8, 4) is 11.1 Å². The molecule has 202 valence electrons. The summed E-state index contributed by atoms with van der Waals surface area (Å²) < 4.78 is 36.4. The number of methoxy groups -OCH3 is 1. The van der Waals surface area contributed by atoms with Gasteiger partial charge >= 0.3 is 0 Å². The smallest absolute Gasteiger partial charge is 0.260 e. The Morgan fingerprint density at radius 3 is 2.53 bits per heavy atom. The Labute approximate surface area is 226 Å². The van der Waals surface area contributed by atoms with E-state index in [1.54, 1.807) is 28.4 Å². The monoisotopic (exact) mass is 534 g/mol. The van der Waals surface area contributed by atoms with Crippen LogP contribution in [0.4, 0.5) is 0 Å². The molecule has 3 atom stereocenters. The van der Waals surface area contributed by atoms with Gasteiger partial charge in [0.2, 0.25) is 0 Å². The molecule has 2 aliphatic heterocycles. The molecule has 1 saturated heterocycles. The van der Waals surface area contributed by atoms with Crippen molar-refractivity contribution in [2.45, 2.75) is 56.8 Å². The summed E-state index contributed by atoms with van der Waals surface area (Å²) in [5.74, 6) is 0.173. The van der Waals surface area contributed by atoms with Crippen LogP contribution in [0.5, 0.6) is 0 Å². The van der Waals surface area contributed by atoms with Crippen molar-refractivity contribution in [3.63, 3.8) is 0 Å². The van der Waals surface area contributed by atoms with E-state index in [0.29, 0.717) is 26.2 Å². The van der Waals surface area contributed by atoms with Crippen molar-refractivity contribution >= 4 is 10.0 Å². The van der Waals surface area contributed by atoms with Crippen LogP contribution in [0.25, 0.3) is 11.1 Å². The summed E-state index contributed by atoms with van der Waals surface area (Å²) in [5, 5.41) is 4.53. The predicted molar refractivity (Wildman–Crippen MR) is 151 cm³/mol. The van der Waals surface area contributed by atoms with Crippen LogP contribution in [0, 0.1) is 13.8 Å². The summed E-state index contributed by atoms with van der Waals surface area (Å²) in [4.78, 5) is 2.38. The fraction of sp³-hybridized carbons (Fsp3) is 0.433. The fourth-order valence-corrected chi connectivity index (χ4v) is 7.52. The van der Waals surface area contributed by atoms with Gasteiger partial charge in [-0.25, -0.2) is 8.42 Å². The van der Waals surface area contributed by atoms with Crippen LogP contribution in [0.2, 0.25) is 0 Å². The average Bonchev–Trinajstić information content (AvgIpc) is 3.36. The van der Waals surface area contributed by atoms with E-state index in [9.17, 15) is 8.42 Å². The van der Waals surface area contributed by atoms with Crippen molar-refractivity contribution in [2.75, 3.05) is 33.4 Å². The molecule has 2 aliphatic rings. The second kappa shape index (κ2) is 11.1. The van der Waals surface area contributed by atoms with Crippen LogP contribution < -0.4 is 0 Å². The highest BCUT2D eigenvalue weighted by Crippen LogP contribution is 2.43. The van der Waals surface area contributed by atoms with E-state index >= 15 is 0 Å². The maximum atomic E-state index is 13.8. The first kappa shape index (κ1) is 26.8. The SMILES string of the molecule is CCCn1nccc1S(=O)(=O)N1C/C=C\CN2C(C1)[C@H](c1ccc(-c3cccc(C)c3C)cc1)[C@H]2COC. The molecule has 0 amide bonds. The highest BCUT2D eigenvalue weighted by molar-refractivity contribution is 7.89. The van der Waals surface area contributed by atoms with E-state index < -0.39 is 10.0 Å². The van der Waals surface area contributed by atoms with Crippen LogP contribution >= 0.6 is 0 Å². The Balaban J connectivity index is 1.45. The zero-order valence-corrected chi connectivity index (χ0v) is 23.6. The normalized spacial score (nSPS) is 23.3. The maximum Gasteiger partial charge on any atom is 0.260 e. The quantitative estimate of drug-likeness (QED) is 0.395. The molecule has 0 spiro atoms. The number of benzene rings is 2. The Hall–Kier alpha value is -2.78. The van der Waals surface area contributed by atoms with Gasteiger partial charge in [0.05, 0.1) is 12.8 Å². The first-order chi connectivity index (χ1) is 18.4. The Bertz CT molecular complexity index is 1400. The number of sulfonamides is 1. The number of ether oxygens (including phenoxy) is 1. The molecule has 0 bridgehead atoms. The number of hydrogen-bond acceptors (Lipinski definition) is 5. The van der Waals surface area contributed by atoms with E-state index in [1.165, 1.54) is 27.8 Å². The summed E-state index contributed by atoms with van der Waals surface area (Å²) in [6.07, 6.45) is 6.44. The molecule has 3 aromatic rings. The van der Waals surface area contributed by atoms with E-state index in [0.717, 1.165) is 13.0 Å². The van der Waals surface area contributed by atoms with E-state index in [2.05, 4.69) is 72.4 Å². The number of aryl methyl sites for hydroxylation is 2. The molecule has 0 aliphatic carbocycles. The summed E-state index contributed by atoms with van der Waals surface area (Å²) >= 11 is 0. The summed E-state index contributed by atoms with van der Waals surface area (Å²) in [7, 11) is -1.96. The lowest BCUT2D eigenvalue weighted by Gasteiger charge is -2.56. The topological polar surface area (TPSA) is 67.7 Å². The van der Waals surface area contributed by atoms with E-state index in [-0.39, 0.29) is 23.0 Å². The summed E-state index contributed by atoms with van der Waals surface area (Å²) in [6.45, 7) is 9.08. The number of rotatable bonds is 8. The zero-order chi connectivity index (χ0) is 26.9. The van der Waals surface area contributed by atoms with Crippen LogP contribution in [-0.2, 0) is 21.3 Å². The second-order valence-electron chi connectivity index (χ2n) is 10.4. The van der Waals surface area contributed by atoms with Crippen molar-refractivity contribution < 1.29 is 13.2 Å². The molecule has 1 fully saturated rings. The minimum absolute atomic E-state index is 0.0592. The molecule has 38 heavy (non-hydrogen) atoms. The number of hydrogen-bond donors (Lipinski definition) is 0. The number of fused-ring (bicyclic) bond motifs is 1. The molecular formula is C30H38N4O3S. The van der Waals surface area contributed by atoms with Crippen LogP contribution in [0.15, 0.2) is 71.9 Å². The first-order valence-corrected chi connectivity index (χ1v) is 14.9. The van der Waals surface area contributed by atoms with Crippen molar-refractivity contribution in [3.05, 3.63) is 83.6 Å². The van der Waals surface area contributed by atoms with Crippen molar-refractivity contribution in [1.29, 1.82) is 0 Å². The van der Waals surface area contributed by atoms with Gasteiger partial charge in [0.15, 0.2) is 5.03 Å². The van der Waals surface area contributed by atoms with Gasteiger partial charge in [-0.1, -0.05) is 61.5 Å². The summed E-state index contributed by atoms with van der Waals surface area (Å²) in [6, 6.07) is 17.1. The number of aromatic nitrogens is 2. The molecule has 0 saturated carbocycles. The molecule has 3 heterocycles. The molecule has 1 aromatic heterocycles. The van der Waals surface area contributed by atoms with Crippen LogP contribution in [0.3, 0.4) is 0 Å². The van der Waals surface area contributed by atoms with Gasteiger partial charge in [0.1, 0.15) is 0 Å². The first-order valence-electron chi connectivity index (χ1n) is 13.4.